The van der Waals surface area contributed by atoms with Crippen molar-refractivity contribution in [2.75, 3.05) is 13.2 Å². The molecule has 6 heterocycles. The molecule has 19 atom stereocenters. The summed E-state index contributed by atoms with van der Waals surface area (Å²) in [6.07, 6.45) is 7.59. The Bertz CT molecular complexity index is 2110. The van der Waals surface area contributed by atoms with E-state index in [1.807, 2.05) is 19.1 Å². The minimum absolute atomic E-state index is 0.00360. The first-order chi connectivity index (χ1) is 34.4. The van der Waals surface area contributed by atoms with Gasteiger partial charge in [0.1, 0.15) is 0 Å². The highest BCUT2D eigenvalue weighted by atomic mass is 127. The monoisotopic (exact) mass is 1170 g/mol. The number of sulfone groups is 1. The molecule has 11 nitrogen and oxygen atoms in total. The molecule has 7 rings (SSSR count). The molecule has 6 aliphatic rings. The van der Waals surface area contributed by atoms with Gasteiger partial charge in [-0.2, -0.15) is 0 Å². The van der Waals surface area contributed by atoms with E-state index in [1.165, 1.54) is 0 Å². The molecule has 0 aromatic heterocycles. The molecular weight excluding hydrogens is 1070 g/mol. The maximum Gasteiger partial charge on any atom is 0.192 e. The summed E-state index contributed by atoms with van der Waals surface area (Å²) in [4.78, 5) is 0.217. The van der Waals surface area contributed by atoms with Crippen LogP contribution in [0.5, 0.6) is 0 Å². The van der Waals surface area contributed by atoms with E-state index in [0.717, 1.165) is 74.5 Å². The minimum atomic E-state index is -4.12. The average molecular weight is 1170 g/mol. The van der Waals surface area contributed by atoms with Crippen molar-refractivity contribution in [3.05, 3.63) is 64.3 Å². The second-order valence-electron chi connectivity index (χ2n) is 25.0. The van der Waals surface area contributed by atoms with E-state index in [9.17, 15) is 5.11 Å². The van der Waals surface area contributed by atoms with Gasteiger partial charge in [0.2, 0.25) is 0 Å². The molecule has 6 saturated heterocycles. The van der Waals surface area contributed by atoms with E-state index < -0.39 is 41.5 Å². The Labute approximate surface area is 456 Å². The van der Waals surface area contributed by atoms with Crippen molar-refractivity contribution in [1.82, 2.24) is 0 Å². The summed E-state index contributed by atoms with van der Waals surface area (Å²) < 4.78 is 86.6. The molecule has 2 unspecified atom stereocenters. The van der Waals surface area contributed by atoms with E-state index >= 15 is 8.42 Å². The lowest BCUT2D eigenvalue weighted by Crippen LogP contribution is -2.62. The first-order valence-corrected chi connectivity index (χ1v) is 33.9. The summed E-state index contributed by atoms with van der Waals surface area (Å²) in [5, 5.41) is 11.8. The molecule has 0 saturated carbocycles. The number of hydrogen-bond donors (Lipinski definition) is 1. The van der Waals surface area contributed by atoms with Gasteiger partial charge in [0.05, 0.1) is 96.6 Å². The number of aliphatic hydroxyl groups excluding tert-OH is 1. The van der Waals surface area contributed by atoms with Crippen LogP contribution in [0, 0.1) is 42.4 Å². The highest BCUT2D eigenvalue weighted by Crippen LogP contribution is 2.49. The van der Waals surface area contributed by atoms with Gasteiger partial charge in [0.25, 0.3) is 0 Å². The van der Waals surface area contributed by atoms with Crippen molar-refractivity contribution in [3.63, 3.8) is 0 Å². The molecule has 0 spiro atoms. The number of benzene rings is 1. The fraction of sp³-hybridized carbons (Fsp3) is 0.797. The van der Waals surface area contributed by atoms with Gasteiger partial charge in [-0.15, -0.1) is 0 Å². The molecule has 0 aliphatic carbocycles. The lowest BCUT2D eigenvalue weighted by atomic mass is 9.77. The van der Waals surface area contributed by atoms with Gasteiger partial charge in [-0.05, 0) is 122 Å². The quantitative estimate of drug-likeness (QED) is 0.0718. The Hall–Kier alpha value is -1.02. The molecule has 0 amide bonds. The van der Waals surface area contributed by atoms with Crippen molar-refractivity contribution in [3.8, 4) is 0 Å². The Kier molecular flexibility index (Phi) is 20.7. The summed E-state index contributed by atoms with van der Waals surface area (Å²) in [5.74, 6) is 0.0352. The van der Waals surface area contributed by atoms with Crippen LogP contribution in [0.4, 0.5) is 0 Å². The van der Waals surface area contributed by atoms with E-state index in [2.05, 4.69) is 121 Å². The van der Waals surface area contributed by atoms with Crippen molar-refractivity contribution < 1.29 is 51.1 Å². The molecule has 6 fully saturated rings. The van der Waals surface area contributed by atoms with Gasteiger partial charge in [-0.1, -0.05) is 128 Å². The fourth-order valence-corrected chi connectivity index (χ4v) is 16.9. The third-order valence-corrected chi connectivity index (χ3v) is 25.7. The summed E-state index contributed by atoms with van der Waals surface area (Å²) >= 11 is 2.29. The van der Waals surface area contributed by atoms with Crippen molar-refractivity contribution in [2.24, 2.45) is 35.5 Å². The summed E-state index contributed by atoms with van der Waals surface area (Å²) in [7, 11) is -6.34. The number of halogens is 1. The first kappa shape index (κ1) is 59.6. The topological polar surface area (TPSA) is 128 Å². The van der Waals surface area contributed by atoms with Gasteiger partial charge in [0.15, 0.2) is 24.4 Å². The third-order valence-electron chi connectivity index (χ3n) is 18.5. The molecule has 6 aliphatic heterocycles. The van der Waals surface area contributed by atoms with Gasteiger partial charge in [-0.3, -0.25) is 0 Å². The summed E-state index contributed by atoms with van der Waals surface area (Å²) in [5.41, 5.74) is 3.12. The zero-order chi connectivity index (χ0) is 53.2. The Morgan fingerprint density at radius 1 is 0.863 bits per heavy atom. The van der Waals surface area contributed by atoms with Crippen LogP contribution < -0.4 is 0 Å². The van der Waals surface area contributed by atoms with Gasteiger partial charge in [0, 0.05) is 37.0 Å². The van der Waals surface area contributed by atoms with E-state index in [4.69, 9.17) is 37.6 Å². The first-order valence-electron chi connectivity index (χ1n) is 28.2. The molecule has 414 valence electrons. The number of rotatable bonds is 21. The summed E-state index contributed by atoms with van der Waals surface area (Å²) in [6, 6.07) is 7.11. The van der Waals surface area contributed by atoms with E-state index in [-0.39, 0.29) is 107 Å². The van der Waals surface area contributed by atoms with Crippen molar-refractivity contribution >= 4 is 40.7 Å². The maximum atomic E-state index is 15.5. The lowest BCUT2D eigenvalue weighted by Gasteiger charge is -2.53. The molecule has 14 heteroatoms. The van der Waals surface area contributed by atoms with Crippen LogP contribution in [0.25, 0.3) is 0 Å². The minimum Gasteiger partial charge on any atom is -0.411 e. The molecule has 0 radical (unpaired) electrons. The number of aliphatic hydroxyl groups is 1. The Balaban J connectivity index is 1.12. The van der Waals surface area contributed by atoms with Gasteiger partial charge >= 0.3 is 0 Å². The van der Waals surface area contributed by atoms with Crippen LogP contribution in [0.1, 0.15) is 145 Å². The SMILES string of the molecule is C=C1C[C@H](CCC2OCCO2)O[C@H]1CC[C@H]1C[C@@H](C)C(=C)[C@@H](C[C@@H]2O[C@H](C[C@H](C)CC)[C@H](C)[C@H]2C(C(O)C[C@H]2CC[C@@H]3O[C@@H]([C@@H](C)/C=C/I)[C@@H](O[Si](C)(C)C(C)(C)C)[C@@H](C)[C@H]3O2)S(=O)(=O)c2ccc(C)cc2)O1. The molecule has 73 heavy (non-hydrogen) atoms. The van der Waals surface area contributed by atoms with Crippen molar-refractivity contribution in [1.29, 1.82) is 0 Å². The Morgan fingerprint density at radius 2 is 1.53 bits per heavy atom. The van der Waals surface area contributed by atoms with Crippen LogP contribution in [0.3, 0.4) is 0 Å². The molecular formula is C59H95IO11SSi. The molecule has 1 aromatic carbocycles. The lowest BCUT2D eigenvalue weighted by molar-refractivity contribution is -0.248. The Morgan fingerprint density at radius 3 is 2.19 bits per heavy atom. The van der Waals surface area contributed by atoms with E-state index in [1.54, 1.807) is 12.1 Å². The smallest absolute Gasteiger partial charge is 0.192 e. The number of hydrogen-bond acceptors (Lipinski definition) is 11. The average Bonchev–Trinajstić information content (AvgIpc) is 4.06. The predicted molar refractivity (Wildman–Crippen MR) is 301 cm³/mol. The highest BCUT2D eigenvalue weighted by Gasteiger charge is 2.56. The zero-order valence-electron chi connectivity index (χ0n) is 46.6. The van der Waals surface area contributed by atoms with Crippen LogP contribution in [0.15, 0.2) is 63.6 Å². The normalized spacial score (nSPS) is 36.7. The van der Waals surface area contributed by atoms with Crippen LogP contribution in [0.2, 0.25) is 18.1 Å². The fourth-order valence-electron chi connectivity index (χ4n) is 12.6. The standard InChI is InChI=1S/C59H95IO11SSi/c1-15-35(2)30-50-41(8)54(52(69-50)34-51-40(7)38(5)31-43(67-51)18-23-48-39(6)32-44(66-48)20-25-53-64-28-29-65-53)58(72(62,63)46-21-16-36(3)17-22-46)47(61)33-45-19-24-49-56(68-45)42(9)57(55(70-49)37(4)26-27-60)71-73(13,14)59(10,11)12/h16-17,21-22,26-27,35,37-38,41-45,47-58,61H,6-7,15,18-20,23-25,28-34H2,1-5,8-14H3/b27-26+/t35-,37+,38-,41+,42+,43+,44+,45-,47?,48+,49+,50-,51-,52+,54-,55+,56-,57+,58?/m1/s1. The second-order valence-corrected chi connectivity index (χ2v) is 32.6. The highest BCUT2D eigenvalue weighted by molar-refractivity contribution is 14.1. The second kappa shape index (κ2) is 25.4. The van der Waals surface area contributed by atoms with E-state index in [0.29, 0.717) is 32.0 Å². The van der Waals surface area contributed by atoms with Crippen LogP contribution >= 0.6 is 22.6 Å². The van der Waals surface area contributed by atoms with Gasteiger partial charge in [-0.25, -0.2) is 8.42 Å². The number of aryl methyl sites for hydroxylation is 1. The number of fused-ring (bicyclic) bond motifs is 1. The molecule has 1 N–H and O–H groups in total. The predicted octanol–water partition coefficient (Wildman–Crippen LogP) is 12.7. The zero-order valence-corrected chi connectivity index (χ0v) is 50.6. The van der Waals surface area contributed by atoms with Crippen LogP contribution in [-0.4, -0.2) is 120 Å². The molecule has 1 aromatic rings. The van der Waals surface area contributed by atoms with Crippen LogP contribution in [-0.2, 0) is 47.4 Å². The molecule has 0 bridgehead atoms. The van der Waals surface area contributed by atoms with Gasteiger partial charge < -0.3 is 42.7 Å². The third kappa shape index (κ3) is 14.2. The van der Waals surface area contributed by atoms with Crippen molar-refractivity contribution in [2.45, 2.75) is 254 Å². The number of ether oxygens (including phenoxy) is 7. The summed E-state index contributed by atoms with van der Waals surface area (Å²) in [6.45, 7) is 36.9. The largest absolute Gasteiger partial charge is 0.411 e. The maximum absolute atomic E-state index is 15.5.